The lowest BCUT2D eigenvalue weighted by molar-refractivity contribution is 0.306. The molecule has 118 valence electrons. The van der Waals surface area contributed by atoms with Crippen LogP contribution in [-0.4, -0.2) is 8.42 Å². The summed E-state index contributed by atoms with van der Waals surface area (Å²) >= 11 is 1.18. The Balaban J connectivity index is 1.63. The third kappa shape index (κ3) is 4.12. The van der Waals surface area contributed by atoms with Gasteiger partial charge in [0, 0.05) is 5.69 Å². The molecule has 2 aromatic carbocycles. The number of nitrogens with one attached hydrogen (secondary N) is 1. The van der Waals surface area contributed by atoms with Crippen molar-refractivity contribution in [3.05, 3.63) is 77.7 Å². The third-order valence-corrected chi connectivity index (χ3v) is 5.89. The number of hydrogen-bond acceptors (Lipinski definition) is 4. The maximum Gasteiger partial charge on any atom is 0.271 e. The molecule has 1 aromatic heterocycles. The van der Waals surface area contributed by atoms with Gasteiger partial charge in [-0.2, -0.15) is 0 Å². The molecule has 0 radical (unpaired) electrons. The fourth-order valence-electron chi connectivity index (χ4n) is 1.98. The van der Waals surface area contributed by atoms with Crippen molar-refractivity contribution < 1.29 is 13.2 Å². The summed E-state index contributed by atoms with van der Waals surface area (Å²) in [5.74, 6) is 0.688. The normalized spacial score (nSPS) is 11.1. The summed E-state index contributed by atoms with van der Waals surface area (Å²) < 4.78 is 32.8. The molecule has 0 amide bonds. The van der Waals surface area contributed by atoms with Crippen LogP contribution in [-0.2, 0) is 16.6 Å². The largest absolute Gasteiger partial charge is 0.489 e. The molecule has 0 saturated heterocycles. The van der Waals surface area contributed by atoms with E-state index in [1.165, 1.54) is 11.3 Å². The van der Waals surface area contributed by atoms with Gasteiger partial charge in [0.05, 0.1) is 0 Å². The lowest BCUT2D eigenvalue weighted by Gasteiger charge is -2.09. The van der Waals surface area contributed by atoms with Crippen molar-refractivity contribution in [3.63, 3.8) is 0 Å². The van der Waals surface area contributed by atoms with Gasteiger partial charge in [-0.3, -0.25) is 4.72 Å². The smallest absolute Gasteiger partial charge is 0.271 e. The van der Waals surface area contributed by atoms with E-state index in [0.29, 0.717) is 22.3 Å². The second-order valence-electron chi connectivity index (χ2n) is 4.84. The van der Waals surface area contributed by atoms with Gasteiger partial charge < -0.3 is 4.74 Å². The Labute approximate surface area is 139 Å². The van der Waals surface area contributed by atoms with Gasteiger partial charge in [0.25, 0.3) is 10.0 Å². The van der Waals surface area contributed by atoms with Crippen molar-refractivity contribution in [2.45, 2.75) is 10.8 Å². The molecular weight excluding hydrogens is 330 g/mol. The van der Waals surface area contributed by atoms with Crippen molar-refractivity contribution in [3.8, 4) is 5.75 Å². The van der Waals surface area contributed by atoms with Gasteiger partial charge in [-0.25, -0.2) is 8.42 Å². The van der Waals surface area contributed by atoms with Gasteiger partial charge in [-0.1, -0.05) is 36.4 Å². The van der Waals surface area contributed by atoms with Crippen molar-refractivity contribution >= 4 is 27.0 Å². The zero-order chi connectivity index (χ0) is 16.1. The molecule has 4 nitrogen and oxygen atoms in total. The molecule has 0 unspecified atom stereocenters. The Morgan fingerprint density at radius 3 is 2.30 bits per heavy atom. The molecule has 1 heterocycles. The van der Waals surface area contributed by atoms with Crippen LogP contribution >= 0.6 is 11.3 Å². The minimum atomic E-state index is -3.51. The van der Waals surface area contributed by atoms with E-state index >= 15 is 0 Å². The van der Waals surface area contributed by atoms with Gasteiger partial charge >= 0.3 is 0 Å². The number of anilines is 1. The summed E-state index contributed by atoms with van der Waals surface area (Å²) in [4.78, 5) is 0. The highest BCUT2D eigenvalue weighted by atomic mass is 32.2. The van der Waals surface area contributed by atoms with E-state index in [1.807, 2.05) is 30.3 Å². The van der Waals surface area contributed by atoms with Gasteiger partial charge in [-0.05, 0) is 41.3 Å². The fourth-order valence-corrected chi connectivity index (χ4v) is 4.03. The molecule has 0 aliphatic heterocycles. The first-order valence-corrected chi connectivity index (χ1v) is 9.33. The molecule has 3 aromatic rings. The quantitative estimate of drug-likeness (QED) is 0.731. The molecule has 23 heavy (non-hydrogen) atoms. The Bertz CT molecular complexity index is 843. The monoisotopic (exact) mass is 345 g/mol. The summed E-state index contributed by atoms with van der Waals surface area (Å²) in [6, 6.07) is 20.0. The highest BCUT2D eigenvalue weighted by Gasteiger charge is 2.14. The number of thiophene rings is 1. The Morgan fingerprint density at radius 2 is 1.65 bits per heavy atom. The van der Waals surface area contributed by atoms with Crippen molar-refractivity contribution in [1.29, 1.82) is 0 Å². The van der Waals surface area contributed by atoms with Crippen molar-refractivity contribution in [2.24, 2.45) is 0 Å². The molecule has 0 aliphatic carbocycles. The second-order valence-corrected chi connectivity index (χ2v) is 7.69. The number of ether oxygens (including phenoxy) is 1. The van der Waals surface area contributed by atoms with Gasteiger partial charge in [-0.15, -0.1) is 11.3 Å². The van der Waals surface area contributed by atoms with Crippen LogP contribution in [0.3, 0.4) is 0 Å². The van der Waals surface area contributed by atoms with E-state index < -0.39 is 10.0 Å². The van der Waals surface area contributed by atoms with E-state index in [-0.39, 0.29) is 0 Å². The van der Waals surface area contributed by atoms with Crippen LogP contribution in [0.1, 0.15) is 5.56 Å². The van der Waals surface area contributed by atoms with Gasteiger partial charge in [0.1, 0.15) is 16.6 Å². The SMILES string of the molecule is O=S(=O)(Nc1ccc(OCc2ccccc2)cc1)c1cccs1. The van der Waals surface area contributed by atoms with Crippen LogP contribution in [0.5, 0.6) is 5.75 Å². The van der Waals surface area contributed by atoms with Crippen molar-refractivity contribution in [2.75, 3.05) is 4.72 Å². The Hall–Kier alpha value is -2.31. The van der Waals surface area contributed by atoms with E-state index in [1.54, 1.807) is 41.8 Å². The summed E-state index contributed by atoms with van der Waals surface area (Å²) in [6.07, 6.45) is 0. The molecule has 6 heteroatoms. The molecule has 0 bridgehead atoms. The predicted octanol–water partition coefficient (Wildman–Crippen LogP) is 4.13. The predicted molar refractivity (Wildman–Crippen MR) is 92.3 cm³/mol. The van der Waals surface area contributed by atoms with E-state index in [4.69, 9.17) is 4.74 Å². The lowest BCUT2D eigenvalue weighted by atomic mass is 10.2. The zero-order valence-corrected chi connectivity index (χ0v) is 13.8. The minimum Gasteiger partial charge on any atom is -0.489 e. The second kappa shape index (κ2) is 6.85. The van der Waals surface area contributed by atoms with E-state index in [2.05, 4.69) is 4.72 Å². The molecule has 0 saturated carbocycles. The van der Waals surface area contributed by atoms with E-state index in [0.717, 1.165) is 5.56 Å². The van der Waals surface area contributed by atoms with Crippen LogP contribution in [0, 0.1) is 0 Å². The van der Waals surface area contributed by atoms with Crippen molar-refractivity contribution in [1.82, 2.24) is 0 Å². The van der Waals surface area contributed by atoms with Gasteiger partial charge in [0.2, 0.25) is 0 Å². The summed E-state index contributed by atoms with van der Waals surface area (Å²) in [5.41, 5.74) is 1.58. The van der Waals surface area contributed by atoms with Crippen LogP contribution in [0.15, 0.2) is 76.3 Å². The first-order valence-electron chi connectivity index (χ1n) is 6.97. The molecule has 0 fully saturated rings. The third-order valence-electron chi connectivity index (χ3n) is 3.11. The zero-order valence-electron chi connectivity index (χ0n) is 12.2. The first kappa shape index (κ1) is 15.6. The van der Waals surface area contributed by atoms with Gasteiger partial charge in [0.15, 0.2) is 0 Å². The van der Waals surface area contributed by atoms with Crippen LogP contribution < -0.4 is 9.46 Å². The highest BCUT2D eigenvalue weighted by Crippen LogP contribution is 2.22. The average molecular weight is 345 g/mol. The van der Waals surface area contributed by atoms with Crippen LogP contribution in [0.4, 0.5) is 5.69 Å². The van der Waals surface area contributed by atoms with E-state index in [9.17, 15) is 8.42 Å². The summed E-state index contributed by atoms with van der Waals surface area (Å²) in [7, 11) is -3.51. The maximum absolute atomic E-state index is 12.1. The molecular formula is C17H15NO3S2. The Morgan fingerprint density at radius 1 is 0.913 bits per heavy atom. The molecule has 0 aliphatic rings. The average Bonchev–Trinajstić information content (AvgIpc) is 3.10. The molecule has 0 atom stereocenters. The molecule has 3 rings (SSSR count). The summed E-state index contributed by atoms with van der Waals surface area (Å²) in [6.45, 7) is 0.473. The lowest BCUT2D eigenvalue weighted by Crippen LogP contribution is -2.11. The molecule has 1 N–H and O–H groups in total. The van der Waals surface area contributed by atoms with Crippen LogP contribution in [0.25, 0.3) is 0 Å². The fraction of sp³-hybridized carbons (Fsp3) is 0.0588. The number of hydrogen-bond donors (Lipinski definition) is 1. The standard InChI is InChI=1S/C17H15NO3S2/c19-23(20,17-7-4-12-22-17)18-15-8-10-16(11-9-15)21-13-14-5-2-1-3-6-14/h1-12,18H,13H2. The number of benzene rings is 2. The highest BCUT2D eigenvalue weighted by molar-refractivity contribution is 7.94. The topological polar surface area (TPSA) is 55.4 Å². The summed E-state index contributed by atoms with van der Waals surface area (Å²) in [5, 5.41) is 1.73. The first-order chi connectivity index (χ1) is 11.1. The number of sulfonamides is 1. The number of rotatable bonds is 6. The van der Waals surface area contributed by atoms with Crippen LogP contribution in [0.2, 0.25) is 0 Å². The minimum absolute atomic E-state index is 0.293. The molecule has 0 spiro atoms. The maximum atomic E-state index is 12.1. The Kier molecular flexibility index (Phi) is 4.64.